The van der Waals surface area contributed by atoms with E-state index in [0.717, 1.165) is 25.3 Å². The summed E-state index contributed by atoms with van der Waals surface area (Å²) in [6, 6.07) is 0. The normalized spacial score (nSPS) is 19.0. The maximum Gasteiger partial charge on any atom is 0.303 e. The quantitative estimate of drug-likeness (QED) is 0.421. The Kier molecular flexibility index (Phi) is 12.8. The number of halogens is 2. The molecule has 4 nitrogen and oxygen atoms in total. The van der Waals surface area contributed by atoms with E-state index in [4.69, 9.17) is 5.11 Å². The minimum Gasteiger partial charge on any atom is -0.481 e. The molecule has 26 heavy (non-hydrogen) atoms. The van der Waals surface area contributed by atoms with Crippen LogP contribution in [0.5, 0.6) is 0 Å². The number of hydrogen-bond acceptors (Lipinski definition) is 3. The van der Waals surface area contributed by atoms with Gasteiger partial charge in [0.2, 0.25) is 0 Å². The van der Waals surface area contributed by atoms with E-state index in [9.17, 15) is 23.5 Å². The summed E-state index contributed by atoms with van der Waals surface area (Å²) in [5, 5.41) is 17.6. The number of aliphatic hydroxyl groups excluding tert-OH is 1. The predicted octanol–water partition coefficient (Wildman–Crippen LogP) is 4.92. The Labute approximate surface area is 155 Å². The molecule has 0 bridgehead atoms. The second kappa shape index (κ2) is 13.6. The average Bonchev–Trinajstić information content (AvgIpc) is 3.00. The lowest BCUT2D eigenvalue weighted by atomic mass is 10.0. The summed E-state index contributed by atoms with van der Waals surface area (Å²) >= 11 is 0. The number of carbonyl (C=O) groups excluding carboxylic acids is 1. The Hall–Kier alpha value is -1.56. The molecule has 6 heteroatoms. The highest BCUT2D eigenvalue weighted by Crippen LogP contribution is 2.28. The molecule has 2 unspecified atom stereocenters. The van der Waals surface area contributed by atoms with Crippen molar-refractivity contribution in [1.82, 2.24) is 0 Å². The van der Waals surface area contributed by atoms with Gasteiger partial charge < -0.3 is 10.2 Å². The van der Waals surface area contributed by atoms with Crippen molar-refractivity contribution in [2.75, 3.05) is 0 Å². The van der Waals surface area contributed by atoms with Crippen molar-refractivity contribution in [3.63, 3.8) is 0 Å². The number of alkyl halides is 2. The molecule has 0 aromatic heterocycles. The number of ketones is 1. The van der Waals surface area contributed by atoms with Crippen molar-refractivity contribution < 1.29 is 28.6 Å². The van der Waals surface area contributed by atoms with Gasteiger partial charge in [-0.25, -0.2) is 0 Å². The summed E-state index contributed by atoms with van der Waals surface area (Å²) in [6.07, 6.45) is 9.34. The molecular formula is C20H32F2O4. The van der Waals surface area contributed by atoms with E-state index in [0.29, 0.717) is 25.7 Å². The fourth-order valence-electron chi connectivity index (χ4n) is 2.51. The van der Waals surface area contributed by atoms with E-state index in [2.05, 4.69) is 0 Å². The van der Waals surface area contributed by atoms with Crippen LogP contribution < -0.4 is 0 Å². The van der Waals surface area contributed by atoms with Crippen LogP contribution in [0.15, 0.2) is 24.3 Å². The maximum absolute atomic E-state index is 13.5. The Morgan fingerprint density at radius 3 is 2.58 bits per heavy atom. The smallest absolute Gasteiger partial charge is 0.303 e. The van der Waals surface area contributed by atoms with Crippen LogP contribution in [0.3, 0.4) is 0 Å². The first-order valence-electron chi connectivity index (χ1n) is 9.32. The van der Waals surface area contributed by atoms with Gasteiger partial charge in [-0.05, 0) is 44.6 Å². The summed E-state index contributed by atoms with van der Waals surface area (Å²) in [5.74, 6) is -3.83. The SMILES string of the molecule is C/C=C\CCCC(=O)O.CCCCC(O)C(F)(F)/C=C/C1CCC(=O)C1. The number of carbonyl (C=O) groups is 2. The van der Waals surface area contributed by atoms with Crippen LogP contribution in [0.1, 0.15) is 71.6 Å². The van der Waals surface area contributed by atoms with Crippen LogP contribution in [-0.2, 0) is 9.59 Å². The first-order valence-corrected chi connectivity index (χ1v) is 9.32. The first-order chi connectivity index (χ1) is 12.2. The van der Waals surface area contributed by atoms with Crippen LogP contribution in [0, 0.1) is 5.92 Å². The van der Waals surface area contributed by atoms with Crippen molar-refractivity contribution in [3.8, 4) is 0 Å². The molecule has 0 aromatic carbocycles. The molecule has 1 saturated carbocycles. The number of unbranched alkanes of at least 4 members (excludes halogenated alkanes) is 2. The number of aliphatic hydroxyl groups is 1. The molecule has 0 aromatic rings. The highest BCUT2D eigenvalue weighted by molar-refractivity contribution is 5.80. The lowest BCUT2D eigenvalue weighted by Crippen LogP contribution is -2.31. The van der Waals surface area contributed by atoms with Crippen LogP contribution >= 0.6 is 0 Å². The third kappa shape index (κ3) is 11.9. The van der Waals surface area contributed by atoms with Crippen molar-refractivity contribution in [2.24, 2.45) is 5.92 Å². The first kappa shape index (κ1) is 24.4. The summed E-state index contributed by atoms with van der Waals surface area (Å²) in [4.78, 5) is 20.9. The topological polar surface area (TPSA) is 74.6 Å². The molecule has 1 aliphatic rings. The number of hydrogen-bond donors (Lipinski definition) is 2. The molecule has 150 valence electrons. The van der Waals surface area contributed by atoms with Crippen LogP contribution in [0.2, 0.25) is 0 Å². The minimum absolute atomic E-state index is 0.0771. The Bertz CT molecular complexity index is 472. The van der Waals surface area contributed by atoms with Gasteiger partial charge in [-0.3, -0.25) is 9.59 Å². The van der Waals surface area contributed by atoms with E-state index in [1.54, 1.807) is 0 Å². The van der Waals surface area contributed by atoms with Gasteiger partial charge in [0.15, 0.2) is 0 Å². The van der Waals surface area contributed by atoms with Crippen molar-refractivity contribution in [3.05, 3.63) is 24.3 Å². The maximum atomic E-state index is 13.5. The Balaban J connectivity index is 0.000000590. The standard InChI is InChI=1S/C13H20F2O2.C7H12O2/c1-2-3-4-12(17)13(14,15)8-7-10-5-6-11(16)9-10;1-2-3-4-5-6-7(8)9/h7-8,10,12,17H,2-6,9H2,1H3;2-3H,4-6H2,1H3,(H,8,9)/b8-7+;3-2-. The van der Waals surface area contributed by atoms with E-state index >= 15 is 0 Å². The number of allylic oxidation sites excluding steroid dienone is 3. The lowest BCUT2D eigenvalue weighted by molar-refractivity contribution is -0.137. The molecule has 2 N–H and O–H groups in total. The zero-order chi connectivity index (χ0) is 20.0. The van der Waals surface area contributed by atoms with Crippen LogP contribution in [-0.4, -0.2) is 34.0 Å². The lowest BCUT2D eigenvalue weighted by Gasteiger charge is -2.19. The fraction of sp³-hybridized carbons (Fsp3) is 0.700. The number of Topliss-reactive ketones (excluding diaryl/α,β-unsaturated/α-hetero) is 1. The molecule has 0 saturated heterocycles. The third-order valence-electron chi connectivity index (χ3n) is 4.15. The number of carboxylic acid groups (broad SMARTS) is 1. The highest BCUT2D eigenvalue weighted by Gasteiger charge is 2.35. The van der Waals surface area contributed by atoms with Crippen molar-refractivity contribution in [1.29, 1.82) is 0 Å². The Morgan fingerprint density at radius 1 is 1.38 bits per heavy atom. The molecule has 1 rings (SSSR count). The molecule has 0 spiro atoms. The predicted molar refractivity (Wildman–Crippen MR) is 98.3 cm³/mol. The van der Waals surface area contributed by atoms with E-state index in [1.165, 1.54) is 6.08 Å². The zero-order valence-electron chi connectivity index (χ0n) is 15.8. The van der Waals surface area contributed by atoms with Gasteiger partial charge in [-0.1, -0.05) is 38.0 Å². The third-order valence-corrected chi connectivity index (χ3v) is 4.15. The summed E-state index contributed by atoms with van der Waals surface area (Å²) < 4.78 is 26.9. The molecule has 0 radical (unpaired) electrons. The molecule has 1 fully saturated rings. The zero-order valence-corrected chi connectivity index (χ0v) is 15.8. The van der Waals surface area contributed by atoms with Crippen LogP contribution in [0.25, 0.3) is 0 Å². The van der Waals surface area contributed by atoms with Gasteiger partial charge in [-0.2, -0.15) is 8.78 Å². The summed E-state index contributed by atoms with van der Waals surface area (Å²) in [5.41, 5.74) is 0. The summed E-state index contributed by atoms with van der Waals surface area (Å²) in [7, 11) is 0. The monoisotopic (exact) mass is 374 g/mol. The molecule has 0 amide bonds. The average molecular weight is 374 g/mol. The number of carboxylic acids is 1. The van der Waals surface area contributed by atoms with Gasteiger partial charge >= 0.3 is 5.97 Å². The second-order valence-corrected chi connectivity index (χ2v) is 6.59. The minimum atomic E-state index is -3.18. The largest absolute Gasteiger partial charge is 0.481 e. The van der Waals surface area contributed by atoms with E-state index in [1.807, 2.05) is 26.0 Å². The summed E-state index contributed by atoms with van der Waals surface area (Å²) in [6.45, 7) is 3.83. The fourth-order valence-corrected chi connectivity index (χ4v) is 2.51. The molecule has 1 aliphatic carbocycles. The van der Waals surface area contributed by atoms with E-state index < -0.39 is 18.0 Å². The van der Waals surface area contributed by atoms with Crippen LogP contribution in [0.4, 0.5) is 8.78 Å². The Morgan fingerprint density at radius 2 is 2.08 bits per heavy atom. The van der Waals surface area contributed by atoms with Gasteiger partial charge in [0.25, 0.3) is 5.92 Å². The number of rotatable bonds is 10. The number of aliphatic carboxylic acids is 1. The van der Waals surface area contributed by atoms with Crippen molar-refractivity contribution >= 4 is 11.8 Å². The molecule has 2 atom stereocenters. The van der Waals surface area contributed by atoms with E-state index in [-0.39, 0.29) is 24.5 Å². The highest BCUT2D eigenvalue weighted by atomic mass is 19.3. The molecule has 0 heterocycles. The van der Waals surface area contributed by atoms with Gasteiger partial charge in [0.1, 0.15) is 11.9 Å². The van der Waals surface area contributed by atoms with Gasteiger partial charge in [-0.15, -0.1) is 0 Å². The van der Waals surface area contributed by atoms with Gasteiger partial charge in [0.05, 0.1) is 0 Å². The molecule has 0 aliphatic heterocycles. The second-order valence-electron chi connectivity index (χ2n) is 6.59. The molecular weight excluding hydrogens is 342 g/mol. The van der Waals surface area contributed by atoms with Crippen molar-refractivity contribution in [2.45, 2.75) is 83.7 Å². The van der Waals surface area contributed by atoms with Gasteiger partial charge in [0, 0.05) is 19.3 Å².